The lowest BCUT2D eigenvalue weighted by atomic mass is 9.95. The molecule has 26 heavy (non-hydrogen) atoms. The molecular weight excluding hydrogens is 332 g/mol. The molecule has 0 bridgehead atoms. The molecule has 0 unspecified atom stereocenters. The molecule has 2 aromatic rings. The molecule has 0 saturated carbocycles. The minimum Gasteiger partial charge on any atom is -0.494 e. The predicted molar refractivity (Wildman–Crippen MR) is 102 cm³/mol. The van der Waals surface area contributed by atoms with Crippen LogP contribution in [0.25, 0.3) is 0 Å². The van der Waals surface area contributed by atoms with Crippen molar-refractivity contribution in [3.63, 3.8) is 0 Å². The third-order valence-electron chi connectivity index (χ3n) is 3.53. The standard InChI is InChI=1S/C19H26N4O3/c1-12(24)20-15-8-7-13(9-16(15)26-6)21-17-10-14(11-25-5)22-18(23-17)19(2,3)4/h7-10H,11H2,1-6H3,(H,20,24)(H,21,22,23). The first-order chi connectivity index (χ1) is 12.2. The maximum Gasteiger partial charge on any atom is 0.221 e. The van der Waals surface area contributed by atoms with E-state index < -0.39 is 0 Å². The van der Waals surface area contributed by atoms with Gasteiger partial charge in [0.15, 0.2) is 0 Å². The topological polar surface area (TPSA) is 85.4 Å². The molecule has 0 fully saturated rings. The number of methoxy groups -OCH3 is 2. The molecule has 140 valence electrons. The van der Waals surface area contributed by atoms with Gasteiger partial charge in [0.1, 0.15) is 17.4 Å². The van der Waals surface area contributed by atoms with E-state index in [1.165, 1.54) is 6.92 Å². The van der Waals surface area contributed by atoms with Crippen molar-refractivity contribution in [2.24, 2.45) is 0 Å². The normalized spacial score (nSPS) is 11.2. The number of hydrogen-bond donors (Lipinski definition) is 2. The van der Waals surface area contributed by atoms with Crippen LogP contribution in [0, 0.1) is 0 Å². The highest BCUT2D eigenvalue weighted by Gasteiger charge is 2.19. The van der Waals surface area contributed by atoms with Gasteiger partial charge in [-0.3, -0.25) is 4.79 Å². The van der Waals surface area contributed by atoms with Crippen LogP contribution >= 0.6 is 0 Å². The van der Waals surface area contributed by atoms with Gasteiger partial charge in [0.25, 0.3) is 0 Å². The number of amides is 1. The minimum atomic E-state index is -0.187. The summed E-state index contributed by atoms with van der Waals surface area (Å²) in [4.78, 5) is 20.5. The number of aromatic nitrogens is 2. The highest BCUT2D eigenvalue weighted by atomic mass is 16.5. The summed E-state index contributed by atoms with van der Waals surface area (Å²) in [6, 6.07) is 7.29. The van der Waals surface area contributed by atoms with Crippen molar-refractivity contribution in [2.45, 2.75) is 39.7 Å². The molecule has 0 aliphatic carbocycles. The van der Waals surface area contributed by atoms with Crippen LogP contribution in [0.3, 0.4) is 0 Å². The number of carbonyl (C=O) groups excluding carboxylic acids is 1. The van der Waals surface area contributed by atoms with Crippen LogP contribution in [0.2, 0.25) is 0 Å². The molecule has 0 atom stereocenters. The van der Waals surface area contributed by atoms with Gasteiger partial charge in [0.05, 0.1) is 25.1 Å². The average molecular weight is 358 g/mol. The van der Waals surface area contributed by atoms with Crippen molar-refractivity contribution in [2.75, 3.05) is 24.9 Å². The predicted octanol–water partition coefficient (Wildman–Crippen LogP) is 3.63. The molecule has 1 heterocycles. The van der Waals surface area contributed by atoms with Crippen LogP contribution in [-0.2, 0) is 21.6 Å². The summed E-state index contributed by atoms with van der Waals surface area (Å²) in [5.74, 6) is 1.81. The van der Waals surface area contributed by atoms with Gasteiger partial charge in [-0.1, -0.05) is 20.8 Å². The largest absolute Gasteiger partial charge is 0.494 e. The Balaban J connectivity index is 2.35. The number of ether oxygens (including phenoxy) is 2. The molecular formula is C19H26N4O3. The lowest BCUT2D eigenvalue weighted by Gasteiger charge is -2.19. The fraction of sp³-hybridized carbons (Fsp3) is 0.421. The highest BCUT2D eigenvalue weighted by molar-refractivity contribution is 5.90. The van der Waals surface area contributed by atoms with Crippen molar-refractivity contribution in [3.05, 3.63) is 35.8 Å². The molecule has 7 heteroatoms. The Morgan fingerprint density at radius 2 is 1.88 bits per heavy atom. The van der Waals surface area contributed by atoms with E-state index >= 15 is 0 Å². The summed E-state index contributed by atoms with van der Waals surface area (Å²) >= 11 is 0. The zero-order valence-electron chi connectivity index (χ0n) is 16.1. The number of anilines is 3. The summed E-state index contributed by atoms with van der Waals surface area (Å²) in [5.41, 5.74) is 2.02. The summed E-state index contributed by atoms with van der Waals surface area (Å²) < 4.78 is 10.6. The van der Waals surface area contributed by atoms with Crippen LogP contribution < -0.4 is 15.4 Å². The maximum absolute atomic E-state index is 11.3. The van der Waals surface area contributed by atoms with E-state index in [1.54, 1.807) is 26.4 Å². The van der Waals surface area contributed by atoms with E-state index in [0.717, 1.165) is 17.2 Å². The number of nitrogens with one attached hydrogen (secondary N) is 2. The van der Waals surface area contributed by atoms with Gasteiger partial charge in [-0.15, -0.1) is 0 Å². The maximum atomic E-state index is 11.3. The molecule has 2 N–H and O–H groups in total. The molecule has 1 aromatic heterocycles. The summed E-state index contributed by atoms with van der Waals surface area (Å²) in [6.45, 7) is 8.05. The highest BCUT2D eigenvalue weighted by Crippen LogP contribution is 2.30. The Labute approximate surface area is 154 Å². The number of nitrogens with zero attached hydrogens (tertiary/aromatic N) is 2. The Morgan fingerprint density at radius 1 is 1.15 bits per heavy atom. The van der Waals surface area contributed by atoms with Crippen molar-refractivity contribution in [3.8, 4) is 5.75 Å². The second-order valence-corrected chi connectivity index (χ2v) is 6.97. The van der Waals surface area contributed by atoms with Gasteiger partial charge in [-0.05, 0) is 12.1 Å². The second kappa shape index (κ2) is 8.14. The molecule has 1 amide bonds. The average Bonchev–Trinajstić information content (AvgIpc) is 2.55. The molecule has 0 saturated heterocycles. The third kappa shape index (κ3) is 5.16. The zero-order chi connectivity index (χ0) is 19.3. The van der Waals surface area contributed by atoms with Gasteiger partial charge in [0.2, 0.25) is 5.91 Å². The monoisotopic (exact) mass is 358 g/mol. The Morgan fingerprint density at radius 3 is 2.46 bits per heavy atom. The molecule has 1 aromatic carbocycles. The van der Waals surface area contributed by atoms with Crippen molar-refractivity contribution in [1.29, 1.82) is 0 Å². The third-order valence-corrected chi connectivity index (χ3v) is 3.53. The fourth-order valence-electron chi connectivity index (χ4n) is 2.33. The summed E-state index contributed by atoms with van der Waals surface area (Å²) in [7, 11) is 3.20. The minimum absolute atomic E-state index is 0.154. The van der Waals surface area contributed by atoms with E-state index in [9.17, 15) is 4.79 Å². The van der Waals surface area contributed by atoms with Gasteiger partial charge in [-0.2, -0.15) is 0 Å². The number of carbonyl (C=O) groups is 1. The van der Waals surface area contributed by atoms with E-state index in [-0.39, 0.29) is 11.3 Å². The van der Waals surface area contributed by atoms with Crippen LogP contribution in [0.1, 0.15) is 39.2 Å². The first-order valence-corrected chi connectivity index (χ1v) is 8.33. The number of rotatable bonds is 6. The van der Waals surface area contributed by atoms with Crippen molar-refractivity contribution < 1.29 is 14.3 Å². The summed E-state index contributed by atoms with van der Waals surface area (Å²) in [6.07, 6.45) is 0. The van der Waals surface area contributed by atoms with E-state index in [1.807, 2.05) is 12.1 Å². The Hall–Kier alpha value is -2.67. The molecule has 0 spiro atoms. The fourth-order valence-corrected chi connectivity index (χ4v) is 2.33. The number of benzene rings is 1. The van der Waals surface area contributed by atoms with E-state index in [0.29, 0.717) is 23.9 Å². The van der Waals surface area contributed by atoms with Gasteiger partial charge < -0.3 is 20.1 Å². The van der Waals surface area contributed by atoms with Gasteiger partial charge in [0, 0.05) is 37.3 Å². The SMILES string of the molecule is COCc1cc(Nc2ccc(NC(C)=O)c(OC)c2)nc(C(C)(C)C)n1. The quantitative estimate of drug-likeness (QED) is 0.820. The molecule has 0 aliphatic rings. The molecule has 0 radical (unpaired) electrons. The van der Waals surface area contributed by atoms with Crippen LogP contribution in [0.15, 0.2) is 24.3 Å². The molecule has 0 aliphatic heterocycles. The van der Waals surface area contributed by atoms with Crippen molar-refractivity contribution >= 4 is 23.1 Å². The first-order valence-electron chi connectivity index (χ1n) is 8.33. The Bertz CT molecular complexity index is 785. The van der Waals surface area contributed by atoms with Crippen LogP contribution in [0.5, 0.6) is 5.75 Å². The van der Waals surface area contributed by atoms with Crippen LogP contribution in [0.4, 0.5) is 17.2 Å². The molecule has 2 rings (SSSR count). The number of hydrogen-bond acceptors (Lipinski definition) is 6. The van der Waals surface area contributed by atoms with Crippen LogP contribution in [-0.4, -0.2) is 30.1 Å². The Kier molecular flexibility index (Phi) is 6.15. The van der Waals surface area contributed by atoms with Gasteiger partial charge >= 0.3 is 0 Å². The van der Waals surface area contributed by atoms with E-state index in [2.05, 4.69) is 41.4 Å². The lowest BCUT2D eigenvalue weighted by molar-refractivity contribution is -0.114. The van der Waals surface area contributed by atoms with Crippen molar-refractivity contribution in [1.82, 2.24) is 9.97 Å². The lowest BCUT2D eigenvalue weighted by Crippen LogP contribution is -2.18. The van der Waals surface area contributed by atoms with E-state index in [4.69, 9.17) is 9.47 Å². The first kappa shape index (κ1) is 19.7. The second-order valence-electron chi connectivity index (χ2n) is 6.97. The molecule has 7 nitrogen and oxygen atoms in total. The van der Waals surface area contributed by atoms with Gasteiger partial charge in [-0.25, -0.2) is 9.97 Å². The summed E-state index contributed by atoms with van der Waals surface area (Å²) in [5, 5.41) is 6.01. The smallest absolute Gasteiger partial charge is 0.221 e. The zero-order valence-corrected chi connectivity index (χ0v) is 16.1.